The van der Waals surface area contributed by atoms with E-state index in [1.807, 2.05) is 43.3 Å². The van der Waals surface area contributed by atoms with Crippen molar-refractivity contribution in [1.29, 1.82) is 0 Å². The summed E-state index contributed by atoms with van der Waals surface area (Å²) in [5.41, 5.74) is 2.73. The summed E-state index contributed by atoms with van der Waals surface area (Å²) in [6.45, 7) is 3.53. The van der Waals surface area contributed by atoms with Gasteiger partial charge < -0.3 is 4.90 Å². The van der Waals surface area contributed by atoms with Crippen LogP contribution in [0.25, 0.3) is 6.08 Å². The number of anilines is 1. The Balaban J connectivity index is 2.31. The van der Waals surface area contributed by atoms with Gasteiger partial charge in [-0.2, -0.15) is 8.42 Å². The van der Waals surface area contributed by atoms with Crippen LogP contribution in [0.2, 0.25) is 0 Å². The zero-order valence-corrected chi connectivity index (χ0v) is 13.8. The smallest absolute Gasteiger partial charge is 0.295 e. The van der Waals surface area contributed by atoms with Gasteiger partial charge in [-0.25, -0.2) is 0 Å². The van der Waals surface area contributed by atoms with Crippen molar-refractivity contribution in [2.75, 3.05) is 19.0 Å². The first-order valence-electron chi connectivity index (χ1n) is 6.86. The second-order valence-corrected chi connectivity index (χ2v) is 6.54. The van der Waals surface area contributed by atoms with Gasteiger partial charge in [-0.1, -0.05) is 30.9 Å². The molecule has 0 radical (unpaired) electrons. The summed E-state index contributed by atoms with van der Waals surface area (Å²) in [6.07, 6.45) is 3.01. The van der Waals surface area contributed by atoms with Gasteiger partial charge >= 0.3 is 0 Å². The molecule has 0 spiro atoms. The van der Waals surface area contributed by atoms with E-state index in [0.29, 0.717) is 11.3 Å². The monoisotopic (exact) mass is 330 g/mol. The fourth-order valence-electron chi connectivity index (χ4n) is 2.00. The van der Waals surface area contributed by atoms with Gasteiger partial charge in [-0.05, 0) is 35.4 Å². The molecule has 2 aromatic rings. The Hall–Kier alpha value is -2.44. The predicted octanol–water partition coefficient (Wildman–Crippen LogP) is 3.39. The first kappa shape index (κ1) is 16.9. The largest absolute Gasteiger partial charge is 0.378 e. The van der Waals surface area contributed by atoms with Crippen molar-refractivity contribution in [3.05, 3.63) is 60.2 Å². The lowest BCUT2D eigenvalue weighted by molar-refractivity contribution is 0.483. The maximum Gasteiger partial charge on any atom is 0.295 e. The Labute approximate surface area is 136 Å². The molecule has 23 heavy (non-hydrogen) atoms. The molecule has 0 saturated carbocycles. The normalized spacial score (nSPS) is 11.6. The molecular weight excluding hydrogens is 312 g/mol. The van der Waals surface area contributed by atoms with E-state index in [4.69, 9.17) is 0 Å². The zero-order chi connectivity index (χ0) is 17.0. The lowest BCUT2D eigenvalue weighted by Gasteiger charge is -2.11. The average Bonchev–Trinajstić information content (AvgIpc) is 2.52. The minimum absolute atomic E-state index is 0.204. The molecule has 120 valence electrons. The summed E-state index contributed by atoms with van der Waals surface area (Å²) in [7, 11) is -0.398. The van der Waals surface area contributed by atoms with E-state index in [2.05, 4.69) is 11.6 Å². The van der Waals surface area contributed by atoms with Gasteiger partial charge in [0.1, 0.15) is 4.90 Å². The Morgan fingerprint density at radius 3 is 2.30 bits per heavy atom. The lowest BCUT2D eigenvalue weighted by Crippen LogP contribution is -2.08. The summed E-state index contributed by atoms with van der Waals surface area (Å²) >= 11 is 0. The van der Waals surface area contributed by atoms with Crippen molar-refractivity contribution in [1.82, 2.24) is 0 Å². The molecule has 0 amide bonds. The third kappa shape index (κ3) is 4.28. The first-order valence-corrected chi connectivity index (χ1v) is 8.30. The second kappa shape index (κ2) is 6.76. The highest BCUT2D eigenvalue weighted by molar-refractivity contribution is 7.86. The molecule has 6 heteroatoms. The summed E-state index contributed by atoms with van der Waals surface area (Å²) in [4.78, 5) is 6.04. The van der Waals surface area contributed by atoms with Crippen LogP contribution in [-0.2, 0) is 10.1 Å². The molecule has 0 aliphatic rings. The van der Waals surface area contributed by atoms with Gasteiger partial charge in [0.25, 0.3) is 10.1 Å². The van der Waals surface area contributed by atoms with Crippen molar-refractivity contribution < 1.29 is 13.0 Å². The minimum atomic E-state index is -4.32. The van der Waals surface area contributed by atoms with E-state index in [1.165, 1.54) is 12.1 Å². The summed E-state index contributed by atoms with van der Waals surface area (Å²) in [5, 5.41) is 0. The van der Waals surface area contributed by atoms with E-state index >= 15 is 0 Å². The average molecular weight is 330 g/mol. The fraction of sp³-hybridized carbons (Fsp3) is 0.118. The van der Waals surface area contributed by atoms with E-state index in [0.717, 1.165) is 11.3 Å². The summed E-state index contributed by atoms with van der Waals surface area (Å²) < 4.78 is 32.0. The van der Waals surface area contributed by atoms with Crippen LogP contribution in [0.5, 0.6) is 0 Å². The molecule has 0 fully saturated rings. The Bertz CT molecular complexity index is 839. The van der Waals surface area contributed by atoms with Crippen LogP contribution in [0.1, 0.15) is 11.1 Å². The van der Waals surface area contributed by atoms with Gasteiger partial charge in [0.05, 0.1) is 5.69 Å². The summed E-state index contributed by atoms with van der Waals surface area (Å²) in [6, 6.07) is 12.3. The number of benzene rings is 2. The molecule has 0 bridgehead atoms. The Morgan fingerprint density at radius 1 is 1.13 bits per heavy atom. The quantitative estimate of drug-likeness (QED) is 0.674. The zero-order valence-electron chi connectivity index (χ0n) is 13.0. The molecule has 0 atom stereocenters. The van der Waals surface area contributed by atoms with Crippen LogP contribution in [0.15, 0.2) is 58.9 Å². The lowest BCUT2D eigenvalue weighted by atomic mass is 10.2. The van der Waals surface area contributed by atoms with Crippen LogP contribution < -0.4 is 4.90 Å². The van der Waals surface area contributed by atoms with Gasteiger partial charge in [-0.15, -0.1) is 0 Å². The van der Waals surface area contributed by atoms with Crippen molar-refractivity contribution >= 4 is 33.8 Å². The topological polar surface area (TPSA) is 70.0 Å². The molecule has 1 N–H and O–H groups in total. The maximum absolute atomic E-state index is 11.4. The molecule has 5 nitrogen and oxygen atoms in total. The predicted molar refractivity (Wildman–Crippen MR) is 94.4 cm³/mol. The minimum Gasteiger partial charge on any atom is -0.378 e. The van der Waals surface area contributed by atoms with Crippen LogP contribution in [0, 0.1) is 0 Å². The molecule has 0 unspecified atom stereocenters. The SMILES string of the molecule is C=Cc1ccc(N=Cc2ccc(N(C)C)cc2)cc1S(=O)(=O)O. The number of rotatable bonds is 5. The van der Waals surface area contributed by atoms with Crippen molar-refractivity contribution in [3.8, 4) is 0 Å². The number of hydrogen-bond acceptors (Lipinski definition) is 4. The van der Waals surface area contributed by atoms with E-state index in [1.54, 1.807) is 18.3 Å². The molecule has 0 aromatic heterocycles. The van der Waals surface area contributed by atoms with Gasteiger partial charge in [-0.3, -0.25) is 9.55 Å². The maximum atomic E-state index is 11.4. The molecule has 0 aliphatic carbocycles. The number of hydrogen-bond donors (Lipinski definition) is 1. The van der Waals surface area contributed by atoms with Crippen LogP contribution >= 0.6 is 0 Å². The number of nitrogens with zero attached hydrogens (tertiary/aromatic N) is 2. The first-order chi connectivity index (χ1) is 10.8. The highest BCUT2D eigenvalue weighted by Gasteiger charge is 2.14. The molecule has 0 heterocycles. The highest BCUT2D eigenvalue weighted by Crippen LogP contribution is 2.23. The third-order valence-electron chi connectivity index (χ3n) is 3.27. The van der Waals surface area contributed by atoms with Crippen LogP contribution in [0.4, 0.5) is 11.4 Å². The van der Waals surface area contributed by atoms with Crippen molar-refractivity contribution in [2.45, 2.75) is 4.90 Å². The van der Waals surface area contributed by atoms with Gasteiger partial charge in [0, 0.05) is 26.0 Å². The molecule has 0 aliphatic heterocycles. The molecule has 0 saturated heterocycles. The third-order valence-corrected chi connectivity index (χ3v) is 4.18. The molecule has 2 rings (SSSR count). The van der Waals surface area contributed by atoms with Gasteiger partial charge in [0.2, 0.25) is 0 Å². The fourth-order valence-corrected chi connectivity index (χ4v) is 2.72. The van der Waals surface area contributed by atoms with E-state index in [9.17, 15) is 13.0 Å². The Kier molecular flexibility index (Phi) is 4.98. The van der Waals surface area contributed by atoms with Crippen molar-refractivity contribution in [3.63, 3.8) is 0 Å². The van der Waals surface area contributed by atoms with Crippen LogP contribution in [-0.4, -0.2) is 33.3 Å². The van der Waals surface area contributed by atoms with Gasteiger partial charge in [0.15, 0.2) is 0 Å². The second-order valence-electron chi connectivity index (χ2n) is 5.15. The van der Waals surface area contributed by atoms with Crippen LogP contribution in [0.3, 0.4) is 0 Å². The highest BCUT2D eigenvalue weighted by atomic mass is 32.2. The van der Waals surface area contributed by atoms with E-state index in [-0.39, 0.29) is 4.90 Å². The summed E-state index contributed by atoms with van der Waals surface area (Å²) in [5.74, 6) is 0. The number of aliphatic imine (C=N–C) groups is 1. The molecule has 2 aromatic carbocycles. The van der Waals surface area contributed by atoms with E-state index < -0.39 is 10.1 Å². The van der Waals surface area contributed by atoms with Crippen molar-refractivity contribution in [2.24, 2.45) is 4.99 Å². The molecular formula is C17H18N2O3S. The standard InChI is InChI=1S/C17H18N2O3S/c1-4-14-7-8-15(11-17(14)23(20,21)22)18-12-13-5-9-16(10-6-13)19(2)3/h4-12H,1H2,2-3H3,(H,20,21,22). The Morgan fingerprint density at radius 2 is 1.78 bits per heavy atom.